The number of methoxy groups -OCH3 is 1. The van der Waals surface area contributed by atoms with Gasteiger partial charge in [-0.25, -0.2) is 9.59 Å². The molecular formula is C27H37N3O6. The Morgan fingerprint density at radius 1 is 0.917 bits per heavy atom. The quantitative estimate of drug-likeness (QED) is 0.507. The first-order chi connectivity index (χ1) is 17.2. The molecule has 0 saturated carbocycles. The van der Waals surface area contributed by atoms with Crippen LogP contribution in [0.3, 0.4) is 0 Å². The lowest BCUT2D eigenvalue weighted by atomic mass is 9.94. The third kappa shape index (κ3) is 9.67. The van der Waals surface area contributed by atoms with E-state index < -0.39 is 11.9 Å². The Bertz CT molecular complexity index is 962. The number of benzene rings is 2. The smallest absolute Gasteiger partial charge is 0.414 e. The van der Waals surface area contributed by atoms with Gasteiger partial charge in [0.15, 0.2) is 0 Å². The standard InChI is InChI=1S/C25H35N3O2.C2H2O4/c1-26(2)17-18-28(19-21-9-5-4-6-10-21)25(29)22-13-15-27(16-14-22)20-23-11-7-8-12-24(23)30-3;3-1(4)2(5)6/h4-12,22H,13-20H2,1-3H3;(H,3,4)(H,5,6). The Labute approximate surface area is 212 Å². The van der Waals surface area contributed by atoms with Crippen LogP contribution in [-0.2, 0) is 27.5 Å². The van der Waals surface area contributed by atoms with Gasteiger partial charge in [-0.3, -0.25) is 9.69 Å². The van der Waals surface area contributed by atoms with Gasteiger partial charge in [0, 0.05) is 37.7 Å². The number of nitrogens with zero attached hydrogens (tertiary/aromatic N) is 3. The summed E-state index contributed by atoms with van der Waals surface area (Å²) in [6, 6.07) is 18.5. The van der Waals surface area contributed by atoms with Crippen molar-refractivity contribution in [3.63, 3.8) is 0 Å². The highest BCUT2D eigenvalue weighted by atomic mass is 16.5. The molecule has 1 aliphatic heterocycles. The second kappa shape index (κ2) is 14.9. The van der Waals surface area contributed by atoms with Crippen molar-refractivity contribution < 1.29 is 29.3 Å². The van der Waals surface area contributed by atoms with Crippen molar-refractivity contribution in [1.29, 1.82) is 0 Å². The van der Waals surface area contributed by atoms with Gasteiger partial charge < -0.3 is 24.7 Å². The van der Waals surface area contributed by atoms with E-state index >= 15 is 0 Å². The predicted molar refractivity (Wildman–Crippen MR) is 137 cm³/mol. The first-order valence-electron chi connectivity index (χ1n) is 12.0. The Balaban J connectivity index is 0.000000678. The highest BCUT2D eigenvalue weighted by molar-refractivity contribution is 6.27. The molecule has 9 heteroatoms. The molecule has 1 aliphatic rings. The van der Waals surface area contributed by atoms with Gasteiger partial charge in [0.1, 0.15) is 5.75 Å². The summed E-state index contributed by atoms with van der Waals surface area (Å²) in [4.78, 5) is 38.2. The van der Waals surface area contributed by atoms with Crippen molar-refractivity contribution in [2.45, 2.75) is 25.9 Å². The zero-order valence-corrected chi connectivity index (χ0v) is 21.3. The van der Waals surface area contributed by atoms with Gasteiger partial charge in [0.2, 0.25) is 5.91 Å². The number of carboxylic acid groups (broad SMARTS) is 2. The maximum absolute atomic E-state index is 13.3. The highest BCUT2D eigenvalue weighted by Gasteiger charge is 2.29. The number of likely N-dealkylation sites (N-methyl/N-ethyl adjacent to an activating group) is 1. The summed E-state index contributed by atoms with van der Waals surface area (Å²) in [5, 5.41) is 14.8. The van der Waals surface area contributed by atoms with E-state index in [0.29, 0.717) is 12.5 Å². The molecule has 3 rings (SSSR count). The first-order valence-corrected chi connectivity index (χ1v) is 12.0. The van der Waals surface area contributed by atoms with E-state index in [2.05, 4.69) is 53.1 Å². The minimum absolute atomic E-state index is 0.116. The van der Waals surface area contributed by atoms with Crippen LogP contribution < -0.4 is 4.74 Å². The summed E-state index contributed by atoms with van der Waals surface area (Å²) in [5.74, 6) is -2.29. The van der Waals surface area contributed by atoms with E-state index in [1.807, 2.05) is 30.3 Å². The van der Waals surface area contributed by atoms with Gasteiger partial charge in [0.25, 0.3) is 0 Å². The number of carbonyl (C=O) groups is 3. The third-order valence-electron chi connectivity index (χ3n) is 6.05. The molecule has 1 heterocycles. The number of para-hydroxylation sites is 1. The number of ether oxygens (including phenoxy) is 1. The summed E-state index contributed by atoms with van der Waals surface area (Å²) in [6.07, 6.45) is 1.84. The average Bonchev–Trinajstić information content (AvgIpc) is 2.87. The van der Waals surface area contributed by atoms with E-state index in [1.54, 1.807) is 7.11 Å². The number of carboxylic acids is 2. The van der Waals surface area contributed by atoms with Crippen LogP contribution in [0, 0.1) is 5.92 Å². The molecule has 196 valence electrons. The molecular weight excluding hydrogens is 462 g/mol. The van der Waals surface area contributed by atoms with Crippen LogP contribution >= 0.6 is 0 Å². The number of carbonyl (C=O) groups excluding carboxylic acids is 1. The van der Waals surface area contributed by atoms with Gasteiger partial charge in [-0.05, 0) is 51.7 Å². The van der Waals surface area contributed by atoms with Crippen LogP contribution in [0.2, 0.25) is 0 Å². The monoisotopic (exact) mass is 499 g/mol. The molecule has 0 radical (unpaired) electrons. The molecule has 0 unspecified atom stereocenters. The van der Waals surface area contributed by atoms with Gasteiger partial charge in [-0.15, -0.1) is 0 Å². The fraction of sp³-hybridized carbons (Fsp3) is 0.444. The van der Waals surface area contributed by atoms with Crippen LogP contribution in [0.15, 0.2) is 54.6 Å². The highest BCUT2D eigenvalue weighted by Crippen LogP contribution is 2.25. The topological polar surface area (TPSA) is 111 Å². The molecule has 0 bridgehead atoms. The first kappa shape index (κ1) is 28.8. The third-order valence-corrected chi connectivity index (χ3v) is 6.05. The lowest BCUT2D eigenvalue weighted by Crippen LogP contribution is -2.44. The van der Waals surface area contributed by atoms with E-state index in [1.165, 1.54) is 11.1 Å². The number of rotatable bonds is 9. The van der Waals surface area contributed by atoms with Crippen molar-refractivity contribution in [3.05, 3.63) is 65.7 Å². The minimum Gasteiger partial charge on any atom is -0.496 e. The van der Waals surface area contributed by atoms with Crippen LogP contribution in [-0.4, -0.2) is 90.1 Å². The molecule has 0 spiro atoms. The Kier molecular flexibility index (Phi) is 11.9. The Morgan fingerprint density at radius 2 is 1.50 bits per heavy atom. The molecule has 2 aromatic carbocycles. The summed E-state index contributed by atoms with van der Waals surface area (Å²) in [7, 11) is 5.84. The van der Waals surface area contributed by atoms with E-state index in [0.717, 1.165) is 51.3 Å². The molecule has 0 aromatic heterocycles. The number of likely N-dealkylation sites (tertiary alicyclic amines) is 1. The maximum atomic E-state index is 13.3. The number of amides is 1. The molecule has 2 aromatic rings. The molecule has 2 N–H and O–H groups in total. The van der Waals surface area contributed by atoms with E-state index in [9.17, 15) is 4.79 Å². The molecule has 1 fully saturated rings. The summed E-state index contributed by atoms with van der Waals surface area (Å²) >= 11 is 0. The summed E-state index contributed by atoms with van der Waals surface area (Å²) < 4.78 is 5.49. The second-order valence-electron chi connectivity index (χ2n) is 9.02. The van der Waals surface area contributed by atoms with Gasteiger partial charge in [0.05, 0.1) is 7.11 Å². The number of hydrogen-bond donors (Lipinski definition) is 2. The van der Waals surface area contributed by atoms with Crippen molar-refractivity contribution in [1.82, 2.24) is 14.7 Å². The van der Waals surface area contributed by atoms with E-state index in [4.69, 9.17) is 24.5 Å². The fourth-order valence-corrected chi connectivity index (χ4v) is 4.06. The SMILES string of the molecule is COc1ccccc1CN1CCC(C(=O)N(CCN(C)C)Cc2ccccc2)CC1.O=C(O)C(=O)O. The molecule has 0 atom stereocenters. The van der Waals surface area contributed by atoms with Crippen LogP contribution in [0.1, 0.15) is 24.0 Å². The zero-order valence-electron chi connectivity index (χ0n) is 21.3. The van der Waals surface area contributed by atoms with Crippen LogP contribution in [0.5, 0.6) is 5.75 Å². The van der Waals surface area contributed by atoms with Crippen molar-refractivity contribution in [2.75, 3.05) is 47.4 Å². The van der Waals surface area contributed by atoms with Crippen LogP contribution in [0.4, 0.5) is 0 Å². The summed E-state index contributed by atoms with van der Waals surface area (Å²) in [5.41, 5.74) is 2.40. The number of piperidine rings is 1. The molecule has 0 aliphatic carbocycles. The number of hydrogen-bond acceptors (Lipinski definition) is 6. The lowest BCUT2D eigenvalue weighted by Gasteiger charge is -2.35. The summed E-state index contributed by atoms with van der Waals surface area (Å²) in [6.45, 7) is 5.10. The molecule has 1 saturated heterocycles. The van der Waals surface area contributed by atoms with Gasteiger partial charge in [-0.2, -0.15) is 0 Å². The maximum Gasteiger partial charge on any atom is 0.414 e. The predicted octanol–water partition coefficient (Wildman–Crippen LogP) is 2.65. The van der Waals surface area contributed by atoms with Crippen molar-refractivity contribution >= 4 is 17.8 Å². The number of aliphatic carboxylic acids is 2. The Morgan fingerprint density at radius 3 is 2.06 bits per heavy atom. The molecule has 9 nitrogen and oxygen atoms in total. The van der Waals surface area contributed by atoms with Gasteiger partial charge in [-0.1, -0.05) is 48.5 Å². The fourth-order valence-electron chi connectivity index (χ4n) is 4.06. The van der Waals surface area contributed by atoms with Gasteiger partial charge >= 0.3 is 11.9 Å². The largest absolute Gasteiger partial charge is 0.496 e. The van der Waals surface area contributed by atoms with Crippen molar-refractivity contribution in [2.24, 2.45) is 5.92 Å². The van der Waals surface area contributed by atoms with E-state index in [-0.39, 0.29) is 5.92 Å². The zero-order chi connectivity index (χ0) is 26.5. The normalized spacial score (nSPS) is 14.0. The molecule has 1 amide bonds. The van der Waals surface area contributed by atoms with Crippen LogP contribution in [0.25, 0.3) is 0 Å². The average molecular weight is 500 g/mol. The second-order valence-corrected chi connectivity index (χ2v) is 9.02. The molecule has 36 heavy (non-hydrogen) atoms. The Hall–Kier alpha value is -3.43. The lowest BCUT2D eigenvalue weighted by molar-refractivity contribution is -0.159. The van der Waals surface area contributed by atoms with Crippen molar-refractivity contribution in [3.8, 4) is 5.75 Å². The minimum atomic E-state index is -1.82.